The van der Waals surface area contributed by atoms with E-state index >= 15 is 0 Å². The van der Waals surface area contributed by atoms with E-state index in [1.54, 1.807) is 12.1 Å². The molecule has 1 amide bonds. The highest BCUT2D eigenvalue weighted by atomic mass is 35.5. The van der Waals surface area contributed by atoms with Gasteiger partial charge in [0.25, 0.3) is 5.69 Å². The number of hydrogen-bond donors (Lipinski definition) is 1. The number of carbonyl (C=O) groups is 1. The van der Waals surface area contributed by atoms with Gasteiger partial charge in [0, 0.05) is 18.7 Å². The predicted molar refractivity (Wildman–Crippen MR) is 55.7 cm³/mol. The number of nitro groups is 1. The smallest absolute Gasteiger partial charge is 0.269 e. The number of nitrogens with zero attached hydrogens (tertiary/aromatic N) is 1. The van der Waals surface area contributed by atoms with Crippen molar-refractivity contribution < 1.29 is 9.72 Å². The van der Waals surface area contributed by atoms with Crippen molar-refractivity contribution in [1.82, 2.24) is 5.32 Å². The van der Waals surface area contributed by atoms with E-state index in [1.165, 1.54) is 12.1 Å². The molecule has 1 aromatic carbocycles. The summed E-state index contributed by atoms with van der Waals surface area (Å²) in [6, 6.07) is 5.96. The third kappa shape index (κ3) is 3.55. The van der Waals surface area contributed by atoms with Crippen LogP contribution in [0.15, 0.2) is 24.3 Å². The normalized spacial score (nSPS) is 9.67. The predicted octanol–water partition coefficient (Wildman–Crippen LogP) is 1.45. The van der Waals surface area contributed by atoms with Gasteiger partial charge in [0.1, 0.15) is 5.88 Å². The van der Waals surface area contributed by atoms with Crippen molar-refractivity contribution in [1.29, 1.82) is 0 Å². The Kier molecular flexibility index (Phi) is 4.05. The second-order valence-electron chi connectivity index (χ2n) is 2.83. The summed E-state index contributed by atoms with van der Waals surface area (Å²) in [4.78, 5) is 20.7. The number of non-ortho nitro benzene ring substituents is 1. The molecule has 0 saturated heterocycles. The lowest BCUT2D eigenvalue weighted by Crippen LogP contribution is -2.23. The maximum atomic E-state index is 10.8. The summed E-state index contributed by atoms with van der Waals surface area (Å²) in [5, 5.41) is 12.9. The molecule has 0 spiro atoms. The fourth-order valence-electron chi connectivity index (χ4n) is 0.983. The Bertz CT molecular complexity index is 364. The SMILES string of the molecule is O=C(CCl)NCc1ccc([N+](=O)[O-])cc1. The van der Waals surface area contributed by atoms with Crippen molar-refractivity contribution in [2.75, 3.05) is 5.88 Å². The highest BCUT2D eigenvalue weighted by molar-refractivity contribution is 6.27. The summed E-state index contributed by atoms with van der Waals surface area (Å²) < 4.78 is 0. The van der Waals surface area contributed by atoms with E-state index in [2.05, 4.69) is 5.32 Å². The Morgan fingerprint density at radius 3 is 2.47 bits per heavy atom. The average Bonchev–Trinajstić information content (AvgIpc) is 2.26. The third-order valence-electron chi connectivity index (χ3n) is 1.76. The lowest BCUT2D eigenvalue weighted by atomic mass is 10.2. The molecule has 80 valence electrons. The Morgan fingerprint density at radius 2 is 2.00 bits per heavy atom. The van der Waals surface area contributed by atoms with Crippen molar-refractivity contribution >= 4 is 23.2 Å². The van der Waals surface area contributed by atoms with Crippen LogP contribution in [-0.2, 0) is 11.3 Å². The number of hydrogen-bond acceptors (Lipinski definition) is 3. The zero-order chi connectivity index (χ0) is 11.3. The first-order chi connectivity index (χ1) is 7.13. The van der Waals surface area contributed by atoms with Crippen LogP contribution < -0.4 is 5.32 Å². The Labute approximate surface area is 91.2 Å². The highest BCUT2D eigenvalue weighted by Gasteiger charge is 2.04. The highest BCUT2D eigenvalue weighted by Crippen LogP contribution is 2.11. The summed E-state index contributed by atoms with van der Waals surface area (Å²) in [6.45, 7) is 0.323. The van der Waals surface area contributed by atoms with E-state index in [0.29, 0.717) is 6.54 Å². The number of amides is 1. The molecule has 0 aliphatic rings. The molecular formula is C9H9ClN2O3. The van der Waals surface area contributed by atoms with E-state index < -0.39 is 4.92 Å². The first-order valence-electron chi connectivity index (χ1n) is 4.19. The van der Waals surface area contributed by atoms with Gasteiger partial charge in [-0.1, -0.05) is 12.1 Å². The van der Waals surface area contributed by atoms with Gasteiger partial charge in [0.2, 0.25) is 5.91 Å². The maximum Gasteiger partial charge on any atom is 0.269 e. The molecule has 0 unspecified atom stereocenters. The van der Waals surface area contributed by atoms with E-state index in [0.717, 1.165) is 5.56 Å². The Hall–Kier alpha value is -1.62. The van der Waals surface area contributed by atoms with Gasteiger partial charge in [0.15, 0.2) is 0 Å². The van der Waals surface area contributed by atoms with Crippen LogP contribution in [0.3, 0.4) is 0 Å². The molecule has 6 heteroatoms. The fraction of sp³-hybridized carbons (Fsp3) is 0.222. The topological polar surface area (TPSA) is 72.2 Å². The van der Waals surface area contributed by atoms with E-state index in [4.69, 9.17) is 11.6 Å². The molecule has 1 rings (SSSR count). The first kappa shape index (κ1) is 11.5. The van der Waals surface area contributed by atoms with Crippen molar-refractivity contribution in [3.63, 3.8) is 0 Å². The zero-order valence-electron chi connectivity index (χ0n) is 7.77. The summed E-state index contributed by atoms with van der Waals surface area (Å²) in [7, 11) is 0. The maximum absolute atomic E-state index is 10.8. The van der Waals surface area contributed by atoms with Crippen LogP contribution in [0.25, 0.3) is 0 Å². The number of nitro benzene ring substituents is 1. The van der Waals surface area contributed by atoms with Crippen LogP contribution in [0.2, 0.25) is 0 Å². The molecule has 5 nitrogen and oxygen atoms in total. The van der Waals surface area contributed by atoms with Gasteiger partial charge in [-0.2, -0.15) is 0 Å². The molecular weight excluding hydrogens is 220 g/mol. The lowest BCUT2D eigenvalue weighted by molar-refractivity contribution is -0.384. The molecule has 1 aromatic rings. The monoisotopic (exact) mass is 228 g/mol. The van der Waals surface area contributed by atoms with Gasteiger partial charge in [-0.15, -0.1) is 11.6 Å². The van der Waals surface area contributed by atoms with Crippen LogP contribution in [-0.4, -0.2) is 16.7 Å². The average molecular weight is 229 g/mol. The molecule has 0 fully saturated rings. The van der Waals surface area contributed by atoms with Gasteiger partial charge in [0.05, 0.1) is 4.92 Å². The van der Waals surface area contributed by atoms with Crippen LogP contribution in [0.5, 0.6) is 0 Å². The summed E-state index contributed by atoms with van der Waals surface area (Å²) >= 11 is 5.28. The second-order valence-corrected chi connectivity index (χ2v) is 3.10. The minimum atomic E-state index is -0.471. The van der Waals surface area contributed by atoms with Gasteiger partial charge in [-0.3, -0.25) is 14.9 Å². The first-order valence-corrected chi connectivity index (χ1v) is 4.73. The fourth-order valence-corrected chi connectivity index (χ4v) is 1.08. The van der Waals surface area contributed by atoms with E-state index in [-0.39, 0.29) is 17.5 Å². The lowest BCUT2D eigenvalue weighted by Gasteiger charge is -2.02. The van der Waals surface area contributed by atoms with Crippen molar-refractivity contribution in [3.8, 4) is 0 Å². The number of rotatable bonds is 4. The molecule has 0 bridgehead atoms. The molecule has 0 radical (unpaired) electrons. The molecule has 0 saturated carbocycles. The molecule has 1 N–H and O–H groups in total. The van der Waals surface area contributed by atoms with Gasteiger partial charge in [-0.05, 0) is 5.56 Å². The minimum absolute atomic E-state index is 0.0300. The number of nitrogens with one attached hydrogen (secondary N) is 1. The van der Waals surface area contributed by atoms with Gasteiger partial charge < -0.3 is 5.32 Å². The summed E-state index contributed by atoms with van der Waals surface area (Å²) in [5.41, 5.74) is 0.821. The van der Waals surface area contributed by atoms with Gasteiger partial charge in [-0.25, -0.2) is 0 Å². The molecule has 0 heterocycles. The minimum Gasteiger partial charge on any atom is -0.351 e. The molecule has 0 aromatic heterocycles. The van der Waals surface area contributed by atoms with Crippen LogP contribution in [0, 0.1) is 10.1 Å². The quantitative estimate of drug-likeness (QED) is 0.482. The standard InChI is InChI=1S/C9H9ClN2O3/c10-5-9(13)11-6-7-1-3-8(4-2-7)12(14)15/h1-4H,5-6H2,(H,11,13). The van der Waals surface area contributed by atoms with Crippen LogP contribution in [0.4, 0.5) is 5.69 Å². The molecule has 15 heavy (non-hydrogen) atoms. The Morgan fingerprint density at radius 1 is 1.40 bits per heavy atom. The number of alkyl halides is 1. The third-order valence-corrected chi connectivity index (χ3v) is 2.00. The zero-order valence-corrected chi connectivity index (χ0v) is 8.53. The van der Waals surface area contributed by atoms with Crippen LogP contribution >= 0.6 is 11.6 Å². The van der Waals surface area contributed by atoms with Crippen molar-refractivity contribution in [3.05, 3.63) is 39.9 Å². The molecule has 0 aliphatic carbocycles. The van der Waals surface area contributed by atoms with E-state index in [9.17, 15) is 14.9 Å². The van der Waals surface area contributed by atoms with Crippen LogP contribution in [0.1, 0.15) is 5.56 Å². The number of halogens is 1. The number of carbonyl (C=O) groups excluding carboxylic acids is 1. The Balaban J connectivity index is 2.57. The van der Waals surface area contributed by atoms with Crippen molar-refractivity contribution in [2.45, 2.75) is 6.54 Å². The molecule has 0 aliphatic heterocycles. The molecule has 0 atom stereocenters. The summed E-state index contributed by atoms with van der Waals surface area (Å²) in [6.07, 6.45) is 0. The number of benzene rings is 1. The summed E-state index contributed by atoms with van der Waals surface area (Å²) in [5.74, 6) is -0.359. The second kappa shape index (κ2) is 5.31. The van der Waals surface area contributed by atoms with Crippen molar-refractivity contribution in [2.24, 2.45) is 0 Å². The largest absolute Gasteiger partial charge is 0.351 e. The van der Waals surface area contributed by atoms with Gasteiger partial charge >= 0.3 is 0 Å². The van der Waals surface area contributed by atoms with E-state index in [1.807, 2.05) is 0 Å².